The lowest BCUT2D eigenvalue weighted by Gasteiger charge is -2.31. The molecule has 38 nitrogen and oxygen atoms in total. The number of nitrogens with two attached hydrogens (primary N) is 1. The van der Waals surface area contributed by atoms with E-state index in [0.29, 0.717) is 37.1 Å². The summed E-state index contributed by atoms with van der Waals surface area (Å²) in [7, 11) is -18.1. The number of H-pyrrole nitrogens is 1. The first-order valence-electron chi connectivity index (χ1n) is 38.4. The quantitative estimate of drug-likeness (QED) is 0.0201. The number of aliphatic hydroxyl groups excluding tert-OH is 2. The number of carbonyl (C=O) groups excluding carboxylic acids is 11. The molecule has 118 heavy (non-hydrogen) atoms. The van der Waals surface area contributed by atoms with Crippen LogP contribution in [0.4, 0.5) is 0 Å². The number of nitrogens with zero attached hydrogens (tertiary/aromatic N) is 4. The number of aromatic hydroxyl groups is 1. The lowest BCUT2D eigenvalue weighted by molar-refractivity contribution is -0.131. The van der Waals surface area contributed by atoms with Crippen LogP contribution in [-0.4, -0.2) is 280 Å². The highest BCUT2D eigenvalue weighted by atomic mass is 32.2. The Hall–Kier alpha value is -9.79. The fourth-order valence-electron chi connectivity index (χ4n) is 13.1. The number of benzene rings is 4. The molecule has 0 radical (unpaired) electrons. The Bertz CT molecular complexity index is 4840. The standard InChI is InChI=1S/C76H112N16O22S4/c1-46(2)31-65(75(105)86-59(44-93)39-90(116(10,109)110)40-67(98)80-48(5)72(77)102)88-70(101)42-91(117(111,112)45-47(3)4)36-56-19-15-16-30-78-66(97)29-28-64(87-69(100)41-89(115(9,107)108)37-58(85-76(106)71(50(7)94)82-51(8)95)33-55-35-79-63-21-14-13-20-62(55)63)74(104)84-57(32-52-22-25-60(96)26-23-52)38-92(43-68(99)81-49(6)73(103)83-56)118(113,114)61-27-24-53-17-11-12-18-54(53)34-61/h11-14,17-18,20-27,34-35,46-50,56-59,64-65,71,79,93-94,96H,15-16,19,28-33,36-45H2,1-10H3,(H2,77,102)(H,78,97)(H,80,98)(H,81,99)(H,82,95)(H,83,103)(H,84,104)(H,85,106)(H,86,105)(H,87,100)(H,88,101)/t48-,49-,50+,56-,57-,58-,59+,64-,65-,71-/m0/s1. The van der Waals surface area contributed by atoms with Gasteiger partial charge in [-0.25, -0.2) is 33.7 Å². The number of phenols is 1. The zero-order chi connectivity index (χ0) is 87.7. The summed E-state index contributed by atoms with van der Waals surface area (Å²) in [5.74, 6) is -11.9. The van der Waals surface area contributed by atoms with Crippen molar-refractivity contribution in [2.75, 3.05) is 83.8 Å². The summed E-state index contributed by atoms with van der Waals surface area (Å²) < 4.78 is 116. The van der Waals surface area contributed by atoms with Crippen LogP contribution in [0, 0.1) is 11.8 Å². The molecule has 652 valence electrons. The lowest BCUT2D eigenvalue weighted by atomic mass is 10.0. The van der Waals surface area contributed by atoms with Crippen molar-refractivity contribution in [2.45, 2.75) is 172 Å². The van der Waals surface area contributed by atoms with Crippen molar-refractivity contribution in [1.29, 1.82) is 0 Å². The van der Waals surface area contributed by atoms with Crippen LogP contribution in [0.1, 0.15) is 105 Å². The second-order valence-electron chi connectivity index (χ2n) is 30.5. The molecule has 42 heteroatoms. The van der Waals surface area contributed by atoms with E-state index in [1.165, 1.54) is 63.2 Å². The molecule has 16 N–H and O–H groups in total. The number of aliphatic hydroxyl groups is 2. The Morgan fingerprint density at radius 2 is 1.25 bits per heavy atom. The molecule has 0 unspecified atom stereocenters. The fraction of sp³-hybridized carbons (Fsp3) is 0.539. The number of primary amides is 1. The van der Waals surface area contributed by atoms with Crippen molar-refractivity contribution in [3.05, 3.63) is 108 Å². The maximum Gasteiger partial charge on any atom is 0.245 e. The average Bonchev–Trinajstić information content (AvgIpc) is 1.74. The molecule has 0 saturated carbocycles. The van der Waals surface area contributed by atoms with Crippen LogP contribution in [-0.2, 0) is 106 Å². The number of para-hydroxylation sites is 1. The third-order valence-corrected chi connectivity index (χ3v) is 25.4. The van der Waals surface area contributed by atoms with Gasteiger partial charge in [0, 0.05) is 81.3 Å². The first-order valence-corrected chi connectivity index (χ1v) is 45.2. The van der Waals surface area contributed by atoms with Gasteiger partial charge in [-0.05, 0) is 130 Å². The summed E-state index contributed by atoms with van der Waals surface area (Å²) in [5.41, 5.74) is 6.91. The van der Waals surface area contributed by atoms with Crippen molar-refractivity contribution in [1.82, 2.24) is 75.4 Å². The third kappa shape index (κ3) is 31.2. The molecule has 1 aliphatic heterocycles. The van der Waals surface area contributed by atoms with Gasteiger partial charge in [0.05, 0.1) is 68.1 Å². The van der Waals surface area contributed by atoms with Crippen LogP contribution in [0.5, 0.6) is 5.75 Å². The first kappa shape index (κ1) is 97.0. The van der Waals surface area contributed by atoms with Gasteiger partial charge in [-0.1, -0.05) is 88.4 Å². The molecule has 5 aromatic rings. The Labute approximate surface area is 687 Å². The largest absolute Gasteiger partial charge is 0.508 e. The smallest absolute Gasteiger partial charge is 0.245 e. The van der Waals surface area contributed by atoms with E-state index in [2.05, 4.69) is 58.2 Å². The number of fused-ring (bicyclic) bond motifs is 2. The molecule has 0 aliphatic carbocycles. The van der Waals surface area contributed by atoms with Gasteiger partial charge >= 0.3 is 0 Å². The number of phenolic OH excluding ortho intramolecular Hbond substituents is 1. The van der Waals surface area contributed by atoms with Gasteiger partial charge in [0.2, 0.25) is 105 Å². The van der Waals surface area contributed by atoms with Gasteiger partial charge in [0.15, 0.2) is 0 Å². The van der Waals surface area contributed by atoms with Crippen LogP contribution >= 0.6 is 0 Å². The number of rotatable bonds is 36. The van der Waals surface area contributed by atoms with Crippen molar-refractivity contribution >= 4 is 127 Å². The number of hydrogen-bond acceptors (Lipinski definition) is 22. The van der Waals surface area contributed by atoms with Gasteiger partial charge in [0.25, 0.3) is 0 Å². The molecule has 1 aliphatic rings. The Kier molecular flexibility index (Phi) is 36.4. The molecule has 4 aromatic carbocycles. The second kappa shape index (κ2) is 44.3. The predicted molar refractivity (Wildman–Crippen MR) is 437 cm³/mol. The maximum absolute atomic E-state index is 15.3. The zero-order valence-electron chi connectivity index (χ0n) is 67.7. The molecular weight excluding hydrogens is 1620 g/mol. The normalized spacial score (nSPS) is 18.7. The molecule has 1 aromatic heterocycles. The highest BCUT2D eigenvalue weighted by molar-refractivity contribution is 7.89. The number of aromatic amines is 1. The monoisotopic (exact) mass is 1730 g/mol. The molecule has 1 fully saturated rings. The minimum absolute atomic E-state index is 0.0819. The van der Waals surface area contributed by atoms with Gasteiger partial charge in [-0.15, -0.1) is 0 Å². The van der Waals surface area contributed by atoms with Crippen LogP contribution in [0.25, 0.3) is 21.7 Å². The first-order chi connectivity index (χ1) is 55.2. The Morgan fingerprint density at radius 1 is 0.653 bits per heavy atom. The number of carbonyl (C=O) groups is 11. The molecule has 2 heterocycles. The van der Waals surface area contributed by atoms with E-state index in [0.717, 1.165) is 32.4 Å². The number of aromatic nitrogens is 1. The molecule has 11 amide bonds. The molecule has 0 bridgehead atoms. The van der Waals surface area contributed by atoms with Crippen molar-refractivity contribution in [2.24, 2.45) is 17.6 Å². The molecule has 6 rings (SSSR count). The lowest BCUT2D eigenvalue weighted by Crippen LogP contribution is -2.58. The van der Waals surface area contributed by atoms with Crippen molar-refractivity contribution in [3.63, 3.8) is 0 Å². The topological polar surface area (TPSA) is 560 Å². The number of hydrogen-bond donors (Lipinski definition) is 15. The second-order valence-corrected chi connectivity index (χ2v) is 38.4. The molecule has 0 spiro atoms. The van der Waals surface area contributed by atoms with E-state index in [-0.39, 0.29) is 61.6 Å². The maximum atomic E-state index is 15.3. The highest BCUT2D eigenvalue weighted by Crippen LogP contribution is 2.25. The summed E-state index contributed by atoms with van der Waals surface area (Å²) in [6.45, 7) is 3.89. The highest BCUT2D eigenvalue weighted by Gasteiger charge is 2.38. The molecular formula is C76H112N16O22S4. The third-order valence-electron chi connectivity index (χ3n) is 19.0. The van der Waals surface area contributed by atoms with Gasteiger partial charge < -0.3 is 79.2 Å². The summed E-state index contributed by atoms with van der Waals surface area (Å²) in [5, 5.41) is 58.9. The van der Waals surface area contributed by atoms with Crippen LogP contribution in [0.2, 0.25) is 0 Å². The fourth-order valence-corrected chi connectivity index (χ4v) is 17.9. The summed E-state index contributed by atoms with van der Waals surface area (Å²) in [6, 6.07) is 10.9. The van der Waals surface area contributed by atoms with Crippen molar-refractivity contribution in [3.8, 4) is 5.75 Å². The van der Waals surface area contributed by atoms with Gasteiger partial charge in [-0.3, -0.25) is 52.7 Å². The minimum Gasteiger partial charge on any atom is -0.508 e. The van der Waals surface area contributed by atoms with Crippen LogP contribution in [0.3, 0.4) is 0 Å². The average molecular weight is 1730 g/mol. The summed E-state index contributed by atoms with van der Waals surface area (Å²) >= 11 is 0. The zero-order valence-corrected chi connectivity index (χ0v) is 71.0. The van der Waals surface area contributed by atoms with Gasteiger partial charge in [-0.2, -0.15) is 17.2 Å². The van der Waals surface area contributed by atoms with E-state index in [4.69, 9.17) is 5.73 Å². The van der Waals surface area contributed by atoms with Crippen LogP contribution < -0.4 is 58.9 Å². The SMILES string of the molecule is CC(=O)N[C@H](C(=O)N[C@@H](Cc1c[nH]c2ccccc12)CN(CC(=O)N[C@H]1CCC(=O)NCCCC[C@@H](CN(CC(=O)N[C@@H](CC(C)C)C(=O)N[C@@H](CO)CN(CC(=O)N[C@@H](C)C(N)=O)S(C)(=O)=O)S(=O)(=O)CC(C)C)NC(=O)[C@H](C)NC(=O)CN(S(=O)(=O)c2ccc3ccccc3c2)C[C@H](Cc2ccc(O)cc2)NC1=O)S(C)(=O)=O)[C@@H](C)O. The summed E-state index contributed by atoms with van der Waals surface area (Å²) in [4.78, 5) is 155. The minimum atomic E-state index is -4.87. The van der Waals surface area contributed by atoms with E-state index < -0.39 is 249 Å². The Morgan fingerprint density at radius 3 is 1.87 bits per heavy atom. The van der Waals surface area contributed by atoms with E-state index in [9.17, 15) is 88.5 Å². The summed E-state index contributed by atoms with van der Waals surface area (Å²) in [6.07, 6.45) is 0.387. The number of amides is 11. The molecule has 1 saturated heterocycles. The van der Waals surface area contributed by atoms with Crippen molar-refractivity contribution < 1.29 is 102 Å². The van der Waals surface area contributed by atoms with Crippen LogP contribution in [0.15, 0.2) is 102 Å². The predicted octanol–water partition coefficient (Wildman–Crippen LogP) is -2.28. The Balaban J connectivity index is 1.36. The van der Waals surface area contributed by atoms with E-state index in [1.54, 1.807) is 82.4 Å². The molecule has 10 atom stereocenters. The van der Waals surface area contributed by atoms with Gasteiger partial charge in [0.1, 0.15) is 36.0 Å². The number of nitrogens with one attached hydrogen (secondary N) is 11. The van der Waals surface area contributed by atoms with E-state index >= 15 is 13.2 Å². The van der Waals surface area contributed by atoms with E-state index in [1.807, 2.05) is 0 Å². The number of sulfonamides is 4.